The number of hydrogen-bond acceptors (Lipinski definition) is 5. The zero-order chi connectivity index (χ0) is 17.8. The van der Waals surface area contributed by atoms with Crippen LogP contribution in [0.3, 0.4) is 0 Å². The molecule has 0 radical (unpaired) electrons. The van der Waals surface area contributed by atoms with E-state index >= 15 is 0 Å². The van der Waals surface area contributed by atoms with Crippen LogP contribution in [0.25, 0.3) is 6.08 Å². The number of carbonyl (C=O) groups excluding carboxylic acids is 2. The Morgan fingerprint density at radius 1 is 1.08 bits per heavy atom. The first-order valence-corrected chi connectivity index (χ1v) is 8.71. The van der Waals surface area contributed by atoms with Crippen LogP contribution in [-0.2, 0) is 11.3 Å². The topological polar surface area (TPSA) is 72.6 Å². The standard InChI is InChI=1S/C19H18N2O3S/c1-2-24-16-9-5-13(6-10-16)11-17-18(22)21(19(23)25-17)12-14-3-7-15(20)8-4-14/h3-11H,2,12,20H2,1H3/b17-11+. The number of rotatable bonds is 5. The summed E-state index contributed by atoms with van der Waals surface area (Å²) in [5, 5.41) is -0.265. The number of nitrogens with two attached hydrogens (primary N) is 1. The molecule has 2 amide bonds. The highest BCUT2D eigenvalue weighted by Crippen LogP contribution is 2.33. The fraction of sp³-hybridized carbons (Fsp3) is 0.158. The first-order valence-electron chi connectivity index (χ1n) is 7.89. The van der Waals surface area contributed by atoms with Crippen molar-refractivity contribution in [3.63, 3.8) is 0 Å². The quantitative estimate of drug-likeness (QED) is 0.651. The molecule has 1 aliphatic rings. The average Bonchev–Trinajstić information content (AvgIpc) is 2.86. The van der Waals surface area contributed by atoms with Crippen molar-refractivity contribution in [1.82, 2.24) is 4.90 Å². The third kappa shape index (κ3) is 4.03. The van der Waals surface area contributed by atoms with Crippen LogP contribution in [0.4, 0.5) is 10.5 Å². The highest BCUT2D eigenvalue weighted by atomic mass is 32.2. The van der Waals surface area contributed by atoms with Crippen molar-refractivity contribution in [2.75, 3.05) is 12.3 Å². The summed E-state index contributed by atoms with van der Waals surface area (Å²) in [5.74, 6) is 0.497. The molecule has 0 aliphatic carbocycles. The van der Waals surface area contributed by atoms with Crippen molar-refractivity contribution in [2.24, 2.45) is 0 Å². The van der Waals surface area contributed by atoms with E-state index in [9.17, 15) is 9.59 Å². The Morgan fingerprint density at radius 2 is 1.76 bits per heavy atom. The van der Waals surface area contributed by atoms with Crippen molar-refractivity contribution >= 4 is 34.7 Å². The first-order chi connectivity index (χ1) is 12.1. The largest absolute Gasteiger partial charge is 0.494 e. The van der Waals surface area contributed by atoms with Gasteiger partial charge < -0.3 is 10.5 Å². The predicted octanol–water partition coefficient (Wildman–Crippen LogP) is 3.90. The molecule has 2 N–H and O–H groups in total. The number of benzene rings is 2. The minimum atomic E-state index is -0.277. The number of imide groups is 1. The van der Waals surface area contributed by atoms with Crippen molar-refractivity contribution in [2.45, 2.75) is 13.5 Å². The smallest absolute Gasteiger partial charge is 0.293 e. The molecule has 0 atom stereocenters. The van der Waals surface area contributed by atoms with E-state index in [4.69, 9.17) is 10.5 Å². The lowest BCUT2D eigenvalue weighted by atomic mass is 10.2. The third-order valence-corrected chi connectivity index (χ3v) is 4.59. The second-order valence-electron chi connectivity index (χ2n) is 5.51. The molecule has 1 heterocycles. The van der Waals surface area contributed by atoms with Gasteiger partial charge in [0.05, 0.1) is 18.1 Å². The Labute approximate surface area is 150 Å². The van der Waals surface area contributed by atoms with Gasteiger partial charge in [0.2, 0.25) is 0 Å². The third-order valence-electron chi connectivity index (χ3n) is 3.68. The molecule has 0 unspecified atom stereocenters. The van der Waals surface area contributed by atoms with E-state index in [-0.39, 0.29) is 17.7 Å². The number of thioether (sulfide) groups is 1. The Balaban J connectivity index is 1.74. The van der Waals surface area contributed by atoms with Gasteiger partial charge in [0.1, 0.15) is 5.75 Å². The molecule has 1 aliphatic heterocycles. The summed E-state index contributed by atoms with van der Waals surface area (Å²) in [6.45, 7) is 2.76. The van der Waals surface area contributed by atoms with Crippen LogP contribution in [0.15, 0.2) is 53.4 Å². The zero-order valence-electron chi connectivity index (χ0n) is 13.8. The maximum atomic E-state index is 12.5. The van der Waals surface area contributed by atoms with Gasteiger partial charge in [-0.05, 0) is 60.2 Å². The number of nitrogens with zero attached hydrogens (tertiary/aromatic N) is 1. The average molecular weight is 354 g/mol. The number of hydrogen-bond donors (Lipinski definition) is 1. The van der Waals surface area contributed by atoms with Crippen LogP contribution in [0.1, 0.15) is 18.1 Å². The molecule has 1 saturated heterocycles. The van der Waals surface area contributed by atoms with Crippen molar-refractivity contribution < 1.29 is 14.3 Å². The number of amides is 2. The summed E-state index contributed by atoms with van der Waals surface area (Å²) in [7, 11) is 0. The molecule has 1 fully saturated rings. The van der Waals surface area contributed by atoms with Gasteiger partial charge in [-0.2, -0.15) is 0 Å². The van der Waals surface area contributed by atoms with Crippen LogP contribution in [-0.4, -0.2) is 22.7 Å². The molecule has 0 bridgehead atoms. The number of nitrogen functional groups attached to an aromatic ring is 1. The van der Waals surface area contributed by atoms with Gasteiger partial charge >= 0.3 is 0 Å². The number of ether oxygens (including phenoxy) is 1. The Bertz CT molecular complexity index is 814. The molecule has 128 valence electrons. The molecular weight excluding hydrogens is 336 g/mol. The fourth-order valence-corrected chi connectivity index (χ4v) is 3.26. The van der Waals surface area contributed by atoms with Crippen LogP contribution in [0.5, 0.6) is 5.75 Å². The van der Waals surface area contributed by atoms with Gasteiger partial charge in [0, 0.05) is 5.69 Å². The SMILES string of the molecule is CCOc1ccc(/C=C2/SC(=O)N(Cc3ccc(N)cc3)C2=O)cc1. The second kappa shape index (κ2) is 7.44. The summed E-state index contributed by atoms with van der Waals surface area (Å²) in [6, 6.07) is 14.5. The molecule has 0 saturated carbocycles. The molecule has 2 aromatic carbocycles. The molecular formula is C19H18N2O3S. The van der Waals surface area contributed by atoms with Gasteiger partial charge in [-0.1, -0.05) is 24.3 Å². The van der Waals surface area contributed by atoms with E-state index in [1.807, 2.05) is 43.3 Å². The molecule has 0 spiro atoms. The molecule has 3 rings (SSSR count). The second-order valence-corrected chi connectivity index (χ2v) is 6.50. The molecule has 6 heteroatoms. The van der Waals surface area contributed by atoms with E-state index in [0.717, 1.165) is 28.6 Å². The summed E-state index contributed by atoms with van der Waals surface area (Å²) >= 11 is 0.956. The van der Waals surface area contributed by atoms with Crippen molar-refractivity contribution in [3.05, 3.63) is 64.6 Å². The normalized spacial score (nSPS) is 15.9. The Hall–Kier alpha value is -2.73. The van der Waals surface area contributed by atoms with E-state index in [1.54, 1.807) is 18.2 Å². The lowest BCUT2D eigenvalue weighted by molar-refractivity contribution is -0.123. The summed E-state index contributed by atoms with van der Waals surface area (Å²) in [4.78, 5) is 26.4. The van der Waals surface area contributed by atoms with E-state index in [1.165, 1.54) is 4.90 Å². The fourth-order valence-electron chi connectivity index (χ4n) is 2.42. The minimum absolute atomic E-state index is 0.242. The summed E-state index contributed by atoms with van der Waals surface area (Å²) in [6.07, 6.45) is 1.73. The van der Waals surface area contributed by atoms with Gasteiger partial charge in [0.15, 0.2) is 0 Å². The Morgan fingerprint density at radius 3 is 2.40 bits per heavy atom. The first kappa shape index (κ1) is 17.1. The molecule has 0 aromatic heterocycles. The maximum absolute atomic E-state index is 12.5. The van der Waals surface area contributed by atoms with Crippen LogP contribution >= 0.6 is 11.8 Å². The maximum Gasteiger partial charge on any atom is 0.293 e. The number of anilines is 1. The zero-order valence-corrected chi connectivity index (χ0v) is 14.6. The summed E-state index contributed by atoms with van der Waals surface area (Å²) < 4.78 is 5.40. The van der Waals surface area contributed by atoms with Crippen molar-refractivity contribution in [1.29, 1.82) is 0 Å². The van der Waals surface area contributed by atoms with Gasteiger partial charge in [-0.3, -0.25) is 14.5 Å². The number of carbonyl (C=O) groups is 2. The highest BCUT2D eigenvalue weighted by molar-refractivity contribution is 8.18. The van der Waals surface area contributed by atoms with Gasteiger partial charge in [-0.15, -0.1) is 0 Å². The van der Waals surface area contributed by atoms with Crippen LogP contribution < -0.4 is 10.5 Å². The Kier molecular flexibility index (Phi) is 5.09. The lowest BCUT2D eigenvalue weighted by Crippen LogP contribution is -2.27. The van der Waals surface area contributed by atoms with Gasteiger partial charge in [0.25, 0.3) is 11.1 Å². The highest BCUT2D eigenvalue weighted by Gasteiger charge is 2.34. The van der Waals surface area contributed by atoms with Crippen LogP contribution in [0, 0.1) is 0 Å². The van der Waals surface area contributed by atoms with E-state index in [2.05, 4.69) is 0 Å². The summed E-state index contributed by atoms with van der Waals surface area (Å²) in [5.41, 5.74) is 8.01. The molecule has 25 heavy (non-hydrogen) atoms. The molecule has 5 nitrogen and oxygen atoms in total. The van der Waals surface area contributed by atoms with Crippen LogP contribution in [0.2, 0.25) is 0 Å². The predicted molar refractivity (Wildman–Crippen MR) is 100.0 cm³/mol. The lowest BCUT2D eigenvalue weighted by Gasteiger charge is -2.12. The van der Waals surface area contributed by atoms with Crippen molar-refractivity contribution in [3.8, 4) is 5.75 Å². The van der Waals surface area contributed by atoms with E-state index < -0.39 is 0 Å². The minimum Gasteiger partial charge on any atom is -0.494 e. The van der Waals surface area contributed by atoms with E-state index in [0.29, 0.717) is 17.2 Å². The monoisotopic (exact) mass is 354 g/mol. The van der Waals surface area contributed by atoms with Gasteiger partial charge in [-0.25, -0.2) is 0 Å². The molecule has 2 aromatic rings.